The molecule has 23 heavy (non-hydrogen) atoms. The summed E-state index contributed by atoms with van der Waals surface area (Å²) >= 11 is 5.96. The third-order valence-corrected chi connectivity index (χ3v) is 3.24. The Morgan fingerprint density at radius 2 is 2.00 bits per heavy atom. The maximum Gasteiger partial charge on any atom is 0.318 e. The van der Waals surface area contributed by atoms with Crippen molar-refractivity contribution in [3.63, 3.8) is 0 Å². The fourth-order valence-electron chi connectivity index (χ4n) is 1.93. The smallest absolute Gasteiger partial charge is 0.318 e. The van der Waals surface area contributed by atoms with Crippen molar-refractivity contribution in [1.29, 1.82) is 0 Å². The molecule has 122 valence electrons. The van der Waals surface area contributed by atoms with Crippen molar-refractivity contribution in [2.45, 2.75) is 0 Å². The van der Waals surface area contributed by atoms with Gasteiger partial charge in [0.15, 0.2) is 5.82 Å². The molecule has 0 bridgehead atoms. The van der Waals surface area contributed by atoms with Crippen molar-refractivity contribution in [1.82, 2.24) is 9.97 Å². The first kappa shape index (κ1) is 16.8. The SMILES string of the molecule is COc1ncc(NC(=O)c2cc(Cl)ccc2OC)c(N(C)C)n1. The van der Waals surface area contributed by atoms with Gasteiger partial charge in [0, 0.05) is 19.1 Å². The van der Waals surface area contributed by atoms with E-state index in [9.17, 15) is 4.79 Å². The number of nitrogens with one attached hydrogen (secondary N) is 1. The number of methoxy groups -OCH3 is 2. The number of benzene rings is 1. The predicted molar refractivity (Wildman–Crippen MR) is 88.9 cm³/mol. The van der Waals surface area contributed by atoms with Gasteiger partial charge in [-0.15, -0.1) is 0 Å². The Morgan fingerprint density at radius 1 is 1.26 bits per heavy atom. The van der Waals surface area contributed by atoms with E-state index in [1.807, 2.05) is 0 Å². The third kappa shape index (κ3) is 3.81. The molecule has 0 saturated carbocycles. The maximum absolute atomic E-state index is 12.5. The molecule has 1 amide bonds. The Hall–Kier alpha value is -2.54. The van der Waals surface area contributed by atoms with E-state index in [0.717, 1.165) is 0 Å². The summed E-state index contributed by atoms with van der Waals surface area (Å²) in [4.78, 5) is 22.5. The summed E-state index contributed by atoms with van der Waals surface area (Å²) in [6.07, 6.45) is 1.48. The van der Waals surface area contributed by atoms with Crippen LogP contribution in [0.4, 0.5) is 11.5 Å². The minimum absolute atomic E-state index is 0.215. The van der Waals surface area contributed by atoms with E-state index in [2.05, 4.69) is 15.3 Å². The molecule has 2 aromatic rings. The Morgan fingerprint density at radius 3 is 2.61 bits per heavy atom. The number of carbonyl (C=O) groups is 1. The highest BCUT2D eigenvalue weighted by molar-refractivity contribution is 6.31. The van der Waals surface area contributed by atoms with Crippen LogP contribution in [0.3, 0.4) is 0 Å². The minimum atomic E-state index is -0.374. The first-order chi connectivity index (χ1) is 11.0. The van der Waals surface area contributed by atoms with E-state index in [0.29, 0.717) is 27.8 Å². The highest BCUT2D eigenvalue weighted by Gasteiger charge is 2.17. The minimum Gasteiger partial charge on any atom is -0.496 e. The normalized spacial score (nSPS) is 10.1. The van der Waals surface area contributed by atoms with E-state index >= 15 is 0 Å². The zero-order chi connectivity index (χ0) is 17.0. The van der Waals surface area contributed by atoms with E-state index < -0.39 is 0 Å². The average Bonchev–Trinajstić information content (AvgIpc) is 2.54. The molecule has 7 nitrogen and oxygen atoms in total. The number of hydrogen-bond donors (Lipinski definition) is 1. The van der Waals surface area contributed by atoms with Crippen LogP contribution in [0.2, 0.25) is 5.02 Å². The van der Waals surface area contributed by atoms with Crippen LogP contribution in [0.15, 0.2) is 24.4 Å². The van der Waals surface area contributed by atoms with Gasteiger partial charge in [-0.25, -0.2) is 4.98 Å². The Bertz CT molecular complexity index is 722. The zero-order valence-electron chi connectivity index (χ0n) is 13.3. The summed E-state index contributed by atoms with van der Waals surface area (Å²) in [7, 11) is 6.57. The van der Waals surface area contributed by atoms with Gasteiger partial charge < -0.3 is 19.7 Å². The van der Waals surface area contributed by atoms with Gasteiger partial charge in [-0.3, -0.25) is 4.79 Å². The van der Waals surface area contributed by atoms with Crippen molar-refractivity contribution in [2.75, 3.05) is 38.5 Å². The summed E-state index contributed by atoms with van der Waals surface area (Å²) in [6.45, 7) is 0. The lowest BCUT2D eigenvalue weighted by Crippen LogP contribution is -2.19. The molecule has 0 aliphatic carbocycles. The largest absolute Gasteiger partial charge is 0.496 e. The van der Waals surface area contributed by atoms with E-state index in [1.165, 1.54) is 26.5 Å². The van der Waals surface area contributed by atoms with Crippen molar-refractivity contribution in [2.24, 2.45) is 0 Å². The molecule has 0 fully saturated rings. The topological polar surface area (TPSA) is 76.6 Å². The summed E-state index contributed by atoms with van der Waals surface area (Å²) < 4.78 is 10.2. The van der Waals surface area contributed by atoms with Gasteiger partial charge in [-0.1, -0.05) is 11.6 Å². The molecule has 1 N–H and O–H groups in total. The van der Waals surface area contributed by atoms with Gasteiger partial charge in [0.05, 0.1) is 26.0 Å². The molecular weight excluding hydrogens is 320 g/mol. The molecule has 0 aliphatic heterocycles. The molecule has 1 heterocycles. The van der Waals surface area contributed by atoms with Gasteiger partial charge in [-0.05, 0) is 18.2 Å². The van der Waals surface area contributed by atoms with Crippen molar-refractivity contribution >= 4 is 29.0 Å². The Balaban J connectivity index is 2.35. The second kappa shape index (κ2) is 7.15. The van der Waals surface area contributed by atoms with Gasteiger partial charge in [0.1, 0.15) is 11.4 Å². The highest BCUT2D eigenvalue weighted by atomic mass is 35.5. The third-order valence-electron chi connectivity index (χ3n) is 3.01. The molecule has 0 spiro atoms. The van der Waals surface area contributed by atoms with Crippen molar-refractivity contribution < 1.29 is 14.3 Å². The van der Waals surface area contributed by atoms with Crippen LogP contribution in [0, 0.1) is 0 Å². The Labute approximate surface area is 139 Å². The lowest BCUT2D eigenvalue weighted by atomic mass is 10.2. The number of ether oxygens (including phenoxy) is 2. The summed E-state index contributed by atoms with van der Waals surface area (Å²) in [5.41, 5.74) is 0.767. The fraction of sp³-hybridized carbons (Fsp3) is 0.267. The van der Waals surface area contributed by atoms with Crippen LogP contribution in [0.5, 0.6) is 11.8 Å². The standard InChI is InChI=1S/C15H17ClN4O3/c1-20(2)13-11(8-17-15(19-13)23-4)18-14(21)10-7-9(16)5-6-12(10)22-3/h5-8H,1-4H3,(H,18,21). The van der Waals surface area contributed by atoms with Gasteiger partial charge in [0.25, 0.3) is 5.91 Å². The number of amides is 1. The molecule has 0 saturated heterocycles. The first-order valence-corrected chi connectivity index (χ1v) is 7.07. The molecule has 0 aliphatic rings. The van der Waals surface area contributed by atoms with Gasteiger partial charge >= 0.3 is 6.01 Å². The molecule has 0 radical (unpaired) electrons. The molecule has 1 aromatic heterocycles. The van der Waals surface area contributed by atoms with Gasteiger partial charge in [-0.2, -0.15) is 4.98 Å². The van der Waals surface area contributed by atoms with Crippen LogP contribution >= 0.6 is 11.6 Å². The average molecular weight is 337 g/mol. The summed E-state index contributed by atoms with van der Waals surface area (Å²) in [5, 5.41) is 3.20. The van der Waals surface area contributed by atoms with Crippen LogP contribution in [-0.2, 0) is 0 Å². The predicted octanol–water partition coefficient (Wildman–Crippen LogP) is 2.47. The lowest BCUT2D eigenvalue weighted by molar-refractivity contribution is 0.102. The van der Waals surface area contributed by atoms with E-state index in [-0.39, 0.29) is 11.9 Å². The van der Waals surface area contributed by atoms with Crippen LogP contribution in [-0.4, -0.2) is 44.2 Å². The molecular formula is C15H17ClN4O3. The van der Waals surface area contributed by atoms with Crippen LogP contribution in [0.25, 0.3) is 0 Å². The molecule has 0 atom stereocenters. The number of rotatable bonds is 5. The zero-order valence-corrected chi connectivity index (χ0v) is 14.0. The quantitative estimate of drug-likeness (QED) is 0.903. The second-order valence-corrected chi connectivity index (χ2v) is 5.22. The summed E-state index contributed by atoms with van der Waals surface area (Å²) in [5.74, 6) is 0.570. The maximum atomic E-state index is 12.5. The number of anilines is 2. The number of carbonyl (C=O) groups excluding carboxylic acids is 1. The van der Waals surface area contributed by atoms with Crippen LogP contribution in [0.1, 0.15) is 10.4 Å². The summed E-state index contributed by atoms with van der Waals surface area (Å²) in [6, 6.07) is 5.04. The number of aromatic nitrogens is 2. The monoisotopic (exact) mass is 336 g/mol. The molecule has 1 aromatic carbocycles. The molecule has 0 unspecified atom stereocenters. The second-order valence-electron chi connectivity index (χ2n) is 4.79. The van der Waals surface area contributed by atoms with Gasteiger partial charge in [0.2, 0.25) is 0 Å². The fourth-order valence-corrected chi connectivity index (χ4v) is 2.10. The molecule has 8 heteroatoms. The van der Waals surface area contributed by atoms with E-state index in [1.54, 1.807) is 31.1 Å². The van der Waals surface area contributed by atoms with Crippen LogP contribution < -0.4 is 19.7 Å². The highest BCUT2D eigenvalue weighted by Crippen LogP contribution is 2.27. The van der Waals surface area contributed by atoms with Crippen molar-refractivity contribution in [3.05, 3.63) is 35.0 Å². The Kier molecular flexibility index (Phi) is 5.23. The number of halogens is 1. The number of hydrogen-bond acceptors (Lipinski definition) is 6. The van der Waals surface area contributed by atoms with Crippen molar-refractivity contribution in [3.8, 4) is 11.8 Å². The lowest BCUT2D eigenvalue weighted by Gasteiger charge is -2.17. The molecule has 2 rings (SSSR count). The first-order valence-electron chi connectivity index (χ1n) is 6.69. The van der Waals surface area contributed by atoms with E-state index in [4.69, 9.17) is 21.1 Å². The number of nitrogens with zero attached hydrogens (tertiary/aromatic N) is 3.